The van der Waals surface area contributed by atoms with Gasteiger partial charge in [0.1, 0.15) is 23.1 Å². The predicted molar refractivity (Wildman–Crippen MR) is 169 cm³/mol. The van der Waals surface area contributed by atoms with E-state index in [4.69, 9.17) is 4.74 Å². The molecule has 4 aromatic rings. The Kier molecular flexibility index (Phi) is 8.72. The van der Waals surface area contributed by atoms with E-state index in [2.05, 4.69) is 28.6 Å². The Morgan fingerprint density at radius 2 is 1.89 bits per heavy atom. The van der Waals surface area contributed by atoms with Crippen LogP contribution >= 0.6 is 0 Å². The topological polar surface area (TPSA) is 112 Å². The van der Waals surface area contributed by atoms with E-state index in [1.165, 1.54) is 0 Å². The maximum Gasteiger partial charge on any atom is 0.320 e. The monoisotopic (exact) mass is 590 g/mol. The number of anilines is 1. The number of ether oxygens (including phenoxy) is 1. The Bertz CT molecular complexity index is 1690. The van der Waals surface area contributed by atoms with Gasteiger partial charge in [-0.2, -0.15) is 5.26 Å². The molecule has 1 fully saturated rings. The Hall–Kier alpha value is -5.10. The van der Waals surface area contributed by atoms with Crippen molar-refractivity contribution in [2.24, 2.45) is 7.05 Å². The number of nitrogens with one attached hydrogen (secondary N) is 2. The average Bonchev–Trinajstić information content (AvgIpc) is 3.41. The Balaban J connectivity index is 1.51. The minimum Gasteiger partial charge on any atom is -0.456 e. The average molecular weight is 591 g/mol. The maximum absolute atomic E-state index is 13.6. The number of rotatable bonds is 8. The van der Waals surface area contributed by atoms with Crippen LogP contribution in [0.5, 0.6) is 11.5 Å². The number of nitriles is 1. The van der Waals surface area contributed by atoms with Crippen LogP contribution in [0.25, 0.3) is 0 Å². The quantitative estimate of drug-likeness (QED) is 0.245. The van der Waals surface area contributed by atoms with Gasteiger partial charge in [0, 0.05) is 26.3 Å². The Morgan fingerprint density at radius 1 is 1.09 bits per heavy atom. The van der Waals surface area contributed by atoms with Crippen molar-refractivity contribution in [3.05, 3.63) is 108 Å². The summed E-state index contributed by atoms with van der Waals surface area (Å²) < 4.78 is 8.24. The molecule has 0 saturated carbocycles. The number of nitrogens with zero attached hydrogens (tertiary/aromatic N) is 4. The fraction of sp³-hybridized carbons (Fsp3) is 0.314. The number of benzene rings is 3. The molecule has 226 valence electrons. The molecule has 1 aromatic heterocycles. The van der Waals surface area contributed by atoms with Crippen LogP contribution in [0.2, 0.25) is 0 Å². The molecule has 44 heavy (non-hydrogen) atoms. The Morgan fingerprint density at radius 3 is 2.59 bits per heavy atom. The molecule has 9 heteroatoms. The van der Waals surface area contributed by atoms with Gasteiger partial charge in [0.15, 0.2) is 0 Å². The normalized spacial score (nSPS) is 18.1. The first-order chi connectivity index (χ1) is 21.2. The molecule has 9 nitrogen and oxygen atoms in total. The van der Waals surface area contributed by atoms with Gasteiger partial charge < -0.3 is 24.8 Å². The van der Waals surface area contributed by atoms with Gasteiger partial charge in [-0.1, -0.05) is 49.7 Å². The van der Waals surface area contributed by atoms with E-state index >= 15 is 0 Å². The summed E-state index contributed by atoms with van der Waals surface area (Å²) in [7, 11) is 3.73. The second-order valence-corrected chi connectivity index (χ2v) is 11.5. The van der Waals surface area contributed by atoms with E-state index in [0.29, 0.717) is 34.7 Å². The fourth-order valence-electron chi connectivity index (χ4n) is 6.18. The van der Waals surface area contributed by atoms with Gasteiger partial charge in [0.25, 0.3) is 0 Å². The number of hydrogen-bond acceptors (Lipinski definition) is 5. The van der Waals surface area contributed by atoms with Crippen LogP contribution in [0.15, 0.2) is 85.3 Å². The first-order valence-electron chi connectivity index (χ1n) is 14.9. The van der Waals surface area contributed by atoms with E-state index in [-0.39, 0.29) is 5.91 Å². The molecule has 0 bridgehead atoms. The summed E-state index contributed by atoms with van der Waals surface area (Å²) in [4.78, 5) is 33.0. The van der Waals surface area contributed by atoms with Crippen molar-refractivity contribution in [1.29, 1.82) is 5.26 Å². The van der Waals surface area contributed by atoms with Crippen LogP contribution in [-0.4, -0.2) is 40.0 Å². The van der Waals surface area contributed by atoms with Crippen LogP contribution in [0.3, 0.4) is 0 Å². The van der Waals surface area contributed by atoms with Crippen LogP contribution in [-0.2, 0) is 22.8 Å². The molecule has 3 amide bonds. The minimum atomic E-state index is -1.04. The number of urea groups is 1. The standard InChI is InChI=1S/C35H38N6O3/c1-5-35(18-9-10-19-40(3)32(35)42)27-12-11-15-29(20-27)44-30-21-26(17-16-25(30)22-36)34(2,31-23-37-24-41(31)4)39-33(43)38-28-13-7-6-8-14-28/h6-8,11-17,20-21,23-24H,5,9-10,18-19H2,1-4H3,(H2,38,39,43)/t34?,35-/m1/s1. The second-order valence-electron chi connectivity index (χ2n) is 11.5. The number of likely N-dealkylation sites (tertiary alicyclic amines) is 1. The molecule has 2 atom stereocenters. The summed E-state index contributed by atoms with van der Waals surface area (Å²) in [5, 5.41) is 16.0. The SMILES string of the molecule is CC[C@]1(c2cccc(Oc3cc(C(C)(NC(=O)Nc4ccccc4)c4cncn4C)ccc3C#N)c2)CCCCN(C)C1=O. The van der Waals surface area contributed by atoms with Gasteiger partial charge in [-0.25, -0.2) is 9.78 Å². The lowest BCUT2D eigenvalue weighted by Gasteiger charge is -2.33. The van der Waals surface area contributed by atoms with E-state index in [0.717, 1.165) is 37.1 Å². The van der Waals surface area contributed by atoms with Gasteiger partial charge >= 0.3 is 6.03 Å². The number of likely N-dealkylation sites (N-methyl/N-ethyl adjacent to an activating group) is 1. The summed E-state index contributed by atoms with van der Waals surface area (Å²) in [5.41, 5.74) is 1.67. The van der Waals surface area contributed by atoms with Crippen molar-refractivity contribution in [2.45, 2.75) is 50.5 Å². The van der Waals surface area contributed by atoms with Gasteiger partial charge in [-0.05, 0) is 73.7 Å². The van der Waals surface area contributed by atoms with Crippen molar-refractivity contribution >= 4 is 17.6 Å². The summed E-state index contributed by atoms with van der Waals surface area (Å²) in [6.45, 7) is 4.70. The van der Waals surface area contributed by atoms with E-state index in [1.54, 1.807) is 24.7 Å². The van der Waals surface area contributed by atoms with Crippen LogP contribution < -0.4 is 15.4 Å². The molecule has 5 rings (SSSR count). The largest absolute Gasteiger partial charge is 0.456 e. The zero-order chi connectivity index (χ0) is 31.3. The minimum absolute atomic E-state index is 0.126. The number of para-hydroxylation sites is 1. The summed E-state index contributed by atoms with van der Waals surface area (Å²) in [6.07, 6.45) is 6.77. The number of amides is 3. The summed E-state index contributed by atoms with van der Waals surface area (Å²) >= 11 is 0. The van der Waals surface area contributed by atoms with Gasteiger partial charge in [0.2, 0.25) is 5.91 Å². The van der Waals surface area contributed by atoms with Gasteiger partial charge in [-0.3, -0.25) is 4.79 Å². The fourth-order valence-corrected chi connectivity index (χ4v) is 6.18. The molecular weight excluding hydrogens is 552 g/mol. The van der Waals surface area contributed by atoms with E-state index in [1.807, 2.05) is 91.1 Å². The van der Waals surface area contributed by atoms with Crippen molar-refractivity contribution in [3.63, 3.8) is 0 Å². The first-order valence-corrected chi connectivity index (χ1v) is 14.9. The molecule has 1 unspecified atom stereocenters. The number of carbonyl (C=O) groups is 2. The third-order valence-corrected chi connectivity index (χ3v) is 8.72. The molecule has 0 aliphatic carbocycles. The number of carbonyl (C=O) groups excluding carboxylic acids is 2. The number of hydrogen-bond donors (Lipinski definition) is 2. The molecule has 3 aromatic carbocycles. The number of imidazole rings is 1. The zero-order valence-corrected chi connectivity index (χ0v) is 25.6. The van der Waals surface area contributed by atoms with E-state index < -0.39 is 17.0 Å². The van der Waals surface area contributed by atoms with Crippen molar-refractivity contribution in [1.82, 2.24) is 19.8 Å². The second kappa shape index (κ2) is 12.6. The molecule has 0 spiro atoms. The highest BCUT2D eigenvalue weighted by Crippen LogP contribution is 2.40. The highest BCUT2D eigenvalue weighted by molar-refractivity contribution is 5.90. The maximum atomic E-state index is 13.6. The molecule has 2 N–H and O–H groups in total. The summed E-state index contributed by atoms with van der Waals surface area (Å²) in [5.74, 6) is 0.998. The lowest BCUT2D eigenvalue weighted by atomic mass is 9.73. The number of aryl methyl sites for hydroxylation is 1. The van der Waals surface area contributed by atoms with Crippen molar-refractivity contribution in [3.8, 4) is 17.6 Å². The Labute approximate surface area is 258 Å². The lowest BCUT2D eigenvalue weighted by Crippen LogP contribution is -2.47. The lowest BCUT2D eigenvalue weighted by molar-refractivity contribution is -0.135. The highest BCUT2D eigenvalue weighted by atomic mass is 16.5. The van der Waals surface area contributed by atoms with Gasteiger partial charge in [-0.15, -0.1) is 0 Å². The number of aromatic nitrogens is 2. The molecule has 1 saturated heterocycles. The highest BCUT2D eigenvalue weighted by Gasteiger charge is 2.41. The zero-order valence-electron chi connectivity index (χ0n) is 25.6. The van der Waals surface area contributed by atoms with Crippen LogP contribution in [0.1, 0.15) is 61.9 Å². The van der Waals surface area contributed by atoms with Crippen LogP contribution in [0, 0.1) is 11.3 Å². The van der Waals surface area contributed by atoms with Crippen LogP contribution in [0.4, 0.5) is 10.5 Å². The summed E-state index contributed by atoms with van der Waals surface area (Å²) in [6, 6.07) is 23.9. The molecule has 1 aliphatic rings. The third-order valence-electron chi connectivity index (χ3n) is 8.72. The van der Waals surface area contributed by atoms with Crippen molar-refractivity contribution in [2.75, 3.05) is 18.9 Å². The third kappa shape index (κ3) is 5.88. The molecule has 0 radical (unpaired) electrons. The van der Waals surface area contributed by atoms with Gasteiger partial charge in [0.05, 0.1) is 29.2 Å². The molecule has 1 aliphatic heterocycles. The van der Waals surface area contributed by atoms with E-state index in [9.17, 15) is 14.9 Å². The predicted octanol–water partition coefficient (Wildman–Crippen LogP) is 6.46. The first kappa shape index (κ1) is 30.4. The van der Waals surface area contributed by atoms with Crippen molar-refractivity contribution < 1.29 is 14.3 Å². The molecule has 2 heterocycles. The molecular formula is C35H38N6O3. The smallest absolute Gasteiger partial charge is 0.320 e.